The van der Waals surface area contributed by atoms with Crippen molar-refractivity contribution in [1.82, 2.24) is 4.31 Å². The quantitative estimate of drug-likeness (QED) is 0.828. The van der Waals surface area contributed by atoms with E-state index in [1.165, 1.54) is 4.31 Å². The Morgan fingerprint density at radius 2 is 1.81 bits per heavy atom. The van der Waals surface area contributed by atoms with Crippen molar-refractivity contribution >= 4 is 15.9 Å². The van der Waals surface area contributed by atoms with Crippen molar-refractivity contribution in [3.63, 3.8) is 0 Å². The summed E-state index contributed by atoms with van der Waals surface area (Å²) in [5.74, 6) is -0.297. The molecule has 0 spiro atoms. The molecule has 0 aliphatic heterocycles. The predicted octanol–water partition coefficient (Wildman–Crippen LogP) is 1.49. The highest BCUT2D eigenvalue weighted by atomic mass is 32.2. The van der Waals surface area contributed by atoms with Gasteiger partial charge >= 0.3 is 0 Å². The van der Waals surface area contributed by atoms with E-state index in [4.69, 9.17) is 5.73 Å². The molecular formula is C15H22N2O3S. The third-order valence-corrected chi connectivity index (χ3v) is 5.79. The van der Waals surface area contributed by atoms with Gasteiger partial charge in [-0.1, -0.05) is 43.2 Å². The van der Waals surface area contributed by atoms with E-state index >= 15 is 0 Å². The first-order chi connectivity index (χ1) is 9.97. The number of hydrogen-bond acceptors (Lipinski definition) is 3. The molecule has 1 aliphatic carbocycles. The number of sulfonamides is 1. The van der Waals surface area contributed by atoms with Gasteiger partial charge in [-0.15, -0.1) is 0 Å². The summed E-state index contributed by atoms with van der Waals surface area (Å²) in [6.45, 7) is -0.0667. The van der Waals surface area contributed by atoms with Crippen LogP contribution in [0.25, 0.3) is 0 Å². The number of rotatable bonds is 7. The first-order valence-electron chi connectivity index (χ1n) is 7.27. The van der Waals surface area contributed by atoms with Crippen LogP contribution in [-0.4, -0.2) is 30.9 Å². The zero-order chi connectivity index (χ0) is 15.3. The van der Waals surface area contributed by atoms with Gasteiger partial charge in [0.05, 0.1) is 12.3 Å². The van der Waals surface area contributed by atoms with Gasteiger partial charge in [0.15, 0.2) is 0 Å². The minimum Gasteiger partial charge on any atom is -0.369 e. The number of primary amides is 1. The second-order valence-corrected chi connectivity index (χ2v) is 7.66. The summed E-state index contributed by atoms with van der Waals surface area (Å²) in [5, 5.41) is 0. The summed E-state index contributed by atoms with van der Waals surface area (Å²) in [6, 6.07) is 9.26. The number of hydrogen-bond donors (Lipinski definition) is 1. The largest absolute Gasteiger partial charge is 0.369 e. The topological polar surface area (TPSA) is 80.5 Å². The number of nitrogens with two attached hydrogens (primary N) is 1. The van der Waals surface area contributed by atoms with Crippen LogP contribution < -0.4 is 5.73 Å². The van der Waals surface area contributed by atoms with Gasteiger partial charge < -0.3 is 5.73 Å². The standard InChI is InChI=1S/C15H22N2O3S/c16-15(18)11-17(10-13-6-2-1-3-7-13)21(19,20)12-14-8-4-5-9-14/h1-3,6-7,14H,4-5,8-12H2,(H2,16,18). The van der Waals surface area contributed by atoms with Crippen molar-refractivity contribution in [2.75, 3.05) is 12.3 Å². The van der Waals surface area contributed by atoms with Gasteiger partial charge in [-0.05, 0) is 24.3 Å². The maximum atomic E-state index is 12.5. The molecule has 116 valence electrons. The molecule has 1 fully saturated rings. The summed E-state index contributed by atoms with van der Waals surface area (Å²) >= 11 is 0. The molecule has 2 N–H and O–H groups in total. The number of carbonyl (C=O) groups is 1. The van der Waals surface area contributed by atoms with Gasteiger partial charge in [-0.2, -0.15) is 4.31 Å². The lowest BCUT2D eigenvalue weighted by Gasteiger charge is -2.22. The third-order valence-electron chi connectivity index (χ3n) is 3.85. The first-order valence-corrected chi connectivity index (χ1v) is 8.88. The number of nitrogens with zero attached hydrogens (tertiary/aromatic N) is 1. The van der Waals surface area contributed by atoms with E-state index < -0.39 is 15.9 Å². The average molecular weight is 310 g/mol. The van der Waals surface area contributed by atoms with Crippen LogP contribution >= 0.6 is 0 Å². The average Bonchev–Trinajstić information content (AvgIpc) is 2.91. The van der Waals surface area contributed by atoms with Crippen LogP contribution in [0.2, 0.25) is 0 Å². The van der Waals surface area contributed by atoms with E-state index in [9.17, 15) is 13.2 Å². The van der Waals surface area contributed by atoms with Gasteiger partial charge in [0, 0.05) is 6.54 Å². The lowest BCUT2D eigenvalue weighted by atomic mass is 10.1. The van der Waals surface area contributed by atoms with Crippen LogP contribution in [0.5, 0.6) is 0 Å². The molecule has 0 saturated heterocycles. The molecule has 0 aromatic heterocycles. The Bertz CT molecular complexity index is 566. The predicted molar refractivity (Wildman–Crippen MR) is 81.8 cm³/mol. The Kier molecular flexibility index (Phi) is 5.36. The molecule has 1 saturated carbocycles. The SMILES string of the molecule is NC(=O)CN(Cc1ccccc1)S(=O)(=O)CC1CCCC1. The molecule has 6 heteroatoms. The van der Waals surface area contributed by atoms with E-state index in [2.05, 4.69) is 0 Å². The minimum absolute atomic E-state index is 0.118. The second-order valence-electron chi connectivity index (χ2n) is 5.65. The van der Waals surface area contributed by atoms with Crippen molar-refractivity contribution in [3.8, 4) is 0 Å². The monoisotopic (exact) mass is 310 g/mol. The number of amides is 1. The molecule has 0 unspecified atom stereocenters. The van der Waals surface area contributed by atoms with E-state index in [0.717, 1.165) is 31.2 Å². The zero-order valence-corrected chi connectivity index (χ0v) is 12.9. The van der Waals surface area contributed by atoms with Crippen LogP contribution in [0, 0.1) is 5.92 Å². The van der Waals surface area contributed by atoms with E-state index in [0.29, 0.717) is 0 Å². The zero-order valence-electron chi connectivity index (χ0n) is 12.1. The molecule has 2 rings (SSSR count). The van der Waals surface area contributed by atoms with Crippen LogP contribution in [0.15, 0.2) is 30.3 Å². The summed E-state index contributed by atoms with van der Waals surface area (Å²) < 4.78 is 26.3. The highest BCUT2D eigenvalue weighted by molar-refractivity contribution is 7.89. The van der Waals surface area contributed by atoms with Gasteiger partial charge in [-0.3, -0.25) is 4.79 Å². The molecule has 0 atom stereocenters. The lowest BCUT2D eigenvalue weighted by Crippen LogP contribution is -2.40. The molecule has 1 aliphatic rings. The minimum atomic E-state index is -3.47. The maximum Gasteiger partial charge on any atom is 0.232 e. The molecule has 1 aromatic carbocycles. The molecule has 0 heterocycles. The van der Waals surface area contributed by atoms with Crippen LogP contribution in [-0.2, 0) is 21.4 Å². The first kappa shape index (κ1) is 16.0. The van der Waals surface area contributed by atoms with Gasteiger partial charge in [0.25, 0.3) is 0 Å². The van der Waals surface area contributed by atoms with Gasteiger partial charge in [0.1, 0.15) is 0 Å². The van der Waals surface area contributed by atoms with Gasteiger partial charge in [-0.25, -0.2) is 8.42 Å². The van der Waals surface area contributed by atoms with Crippen molar-refractivity contribution in [3.05, 3.63) is 35.9 Å². The summed E-state index contributed by atoms with van der Waals surface area (Å²) in [4.78, 5) is 11.2. The fourth-order valence-electron chi connectivity index (χ4n) is 2.79. The molecule has 5 nitrogen and oxygen atoms in total. The van der Waals surface area contributed by atoms with Crippen LogP contribution in [0.4, 0.5) is 0 Å². The van der Waals surface area contributed by atoms with E-state index in [-0.39, 0.29) is 24.8 Å². The summed E-state index contributed by atoms with van der Waals surface area (Å²) in [7, 11) is -3.47. The maximum absolute atomic E-state index is 12.5. The van der Waals surface area contributed by atoms with Crippen molar-refractivity contribution in [2.45, 2.75) is 32.2 Å². The molecule has 1 aromatic rings. The fraction of sp³-hybridized carbons (Fsp3) is 0.533. The van der Waals surface area contributed by atoms with Crippen LogP contribution in [0.3, 0.4) is 0 Å². The Morgan fingerprint density at radius 3 is 2.38 bits per heavy atom. The molecule has 1 amide bonds. The van der Waals surface area contributed by atoms with Crippen molar-refractivity contribution in [1.29, 1.82) is 0 Å². The van der Waals surface area contributed by atoms with Gasteiger partial charge in [0.2, 0.25) is 15.9 Å². The Labute approximate surface area is 126 Å². The lowest BCUT2D eigenvalue weighted by molar-refractivity contribution is -0.118. The van der Waals surface area contributed by atoms with E-state index in [1.807, 2.05) is 30.3 Å². The molecular weight excluding hydrogens is 288 g/mol. The fourth-order valence-corrected chi connectivity index (χ4v) is 4.60. The Balaban J connectivity index is 2.11. The second kappa shape index (κ2) is 7.04. The number of benzene rings is 1. The number of carbonyl (C=O) groups excluding carboxylic acids is 1. The van der Waals surface area contributed by atoms with Crippen molar-refractivity contribution in [2.24, 2.45) is 11.7 Å². The highest BCUT2D eigenvalue weighted by Gasteiger charge is 2.29. The smallest absolute Gasteiger partial charge is 0.232 e. The molecule has 21 heavy (non-hydrogen) atoms. The highest BCUT2D eigenvalue weighted by Crippen LogP contribution is 2.27. The Hall–Kier alpha value is -1.40. The summed E-state index contributed by atoms with van der Waals surface area (Å²) in [6.07, 6.45) is 4.09. The third kappa shape index (κ3) is 4.82. The molecule has 0 radical (unpaired) electrons. The molecule has 0 bridgehead atoms. The Morgan fingerprint density at radius 1 is 1.19 bits per heavy atom. The van der Waals surface area contributed by atoms with E-state index in [1.54, 1.807) is 0 Å². The normalized spacial score (nSPS) is 16.4. The van der Waals surface area contributed by atoms with Crippen molar-refractivity contribution < 1.29 is 13.2 Å². The summed E-state index contributed by atoms with van der Waals surface area (Å²) in [5.41, 5.74) is 6.06. The van der Waals surface area contributed by atoms with Crippen LogP contribution in [0.1, 0.15) is 31.2 Å².